The minimum Gasteiger partial charge on any atom is -0.384 e. The molecule has 0 radical (unpaired) electrons. The standard InChI is InChI=1S/C12H14N4O2S/c17-19(18,16-8-12-14-5-6-15-12)10-1-2-11-9(7-10)3-4-13-11/h1-2,5-7,13,16H,3-4,8H2,(H,14,15). The van der Waals surface area contributed by atoms with Crippen molar-refractivity contribution in [2.24, 2.45) is 0 Å². The summed E-state index contributed by atoms with van der Waals surface area (Å²) in [5, 5.41) is 3.20. The predicted octanol–water partition coefficient (Wildman–Crippen LogP) is 0.856. The van der Waals surface area contributed by atoms with E-state index in [9.17, 15) is 8.42 Å². The summed E-state index contributed by atoms with van der Waals surface area (Å²) in [5.41, 5.74) is 2.06. The van der Waals surface area contributed by atoms with Crippen molar-refractivity contribution in [3.8, 4) is 0 Å². The minimum atomic E-state index is -3.50. The molecule has 0 aliphatic carbocycles. The Kier molecular flexibility index (Phi) is 3.00. The molecule has 0 bridgehead atoms. The van der Waals surface area contributed by atoms with E-state index in [0.717, 1.165) is 24.2 Å². The molecule has 100 valence electrons. The number of sulfonamides is 1. The van der Waals surface area contributed by atoms with Crippen LogP contribution in [-0.2, 0) is 23.0 Å². The van der Waals surface area contributed by atoms with Crippen molar-refractivity contribution in [1.29, 1.82) is 0 Å². The first-order valence-electron chi connectivity index (χ1n) is 6.00. The van der Waals surface area contributed by atoms with Gasteiger partial charge in [-0.2, -0.15) is 0 Å². The van der Waals surface area contributed by atoms with Crippen molar-refractivity contribution in [2.45, 2.75) is 17.9 Å². The quantitative estimate of drug-likeness (QED) is 0.774. The van der Waals surface area contributed by atoms with Crippen LogP contribution >= 0.6 is 0 Å². The summed E-state index contributed by atoms with van der Waals surface area (Å²) in [6.07, 6.45) is 4.10. The Hall–Kier alpha value is -1.86. The van der Waals surface area contributed by atoms with Gasteiger partial charge in [-0.05, 0) is 30.2 Å². The van der Waals surface area contributed by atoms with E-state index in [1.54, 1.807) is 24.5 Å². The Morgan fingerprint density at radius 2 is 2.26 bits per heavy atom. The van der Waals surface area contributed by atoms with Crippen molar-refractivity contribution >= 4 is 15.7 Å². The highest BCUT2D eigenvalue weighted by atomic mass is 32.2. The molecule has 2 heterocycles. The number of rotatable bonds is 4. The smallest absolute Gasteiger partial charge is 0.240 e. The van der Waals surface area contributed by atoms with Crippen LogP contribution in [0.5, 0.6) is 0 Å². The first-order valence-corrected chi connectivity index (χ1v) is 7.48. The number of nitrogens with one attached hydrogen (secondary N) is 3. The lowest BCUT2D eigenvalue weighted by Gasteiger charge is -2.07. The second-order valence-corrected chi connectivity index (χ2v) is 6.12. The zero-order chi connectivity index (χ0) is 13.3. The highest BCUT2D eigenvalue weighted by Gasteiger charge is 2.18. The molecule has 1 aliphatic heterocycles. The Labute approximate surface area is 111 Å². The fourth-order valence-electron chi connectivity index (χ4n) is 2.09. The van der Waals surface area contributed by atoms with Gasteiger partial charge in [0, 0.05) is 24.6 Å². The van der Waals surface area contributed by atoms with Gasteiger partial charge in [-0.25, -0.2) is 18.1 Å². The Morgan fingerprint density at radius 3 is 3.05 bits per heavy atom. The second kappa shape index (κ2) is 4.67. The summed E-state index contributed by atoms with van der Waals surface area (Å²) in [7, 11) is -3.50. The fraction of sp³-hybridized carbons (Fsp3) is 0.250. The molecule has 1 aromatic heterocycles. The van der Waals surface area contributed by atoms with Gasteiger partial charge in [0.15, 0.2) is 0 Å². The van der Waals surface area contributed by atoms with Crippen LogP contribution in [-0.4, -0.2) is 24.9 Å². The lowest BCUT2D eigenvalue weighted by molar-refractivity contribution is 0.579. The van der Waals surface area contributed by atoms with Gasteiger partial charge in [-0.3, -0.25) is 0 Å². The summed E-state index contributed by atoms with van der Waals surface area (Å²) in [6.45, 7) is 1.02. The predicted molar refractivity (Wildman–Crippen MR) is 71.2 cm³/mol. The average molecular weight is 278 g/mol. The van der Waals surface area contributed by atoms with E-state index in [-0.39, 0.29) is 6.54 Å². The van der Waals surface area contributed by atoms with Gasteiger partial charge in [0.05, 0.1) is 11.4 Å². The molecule has 0 saturated heterocycles. The lowest BCUT2D eigenvalue weighted by atomic mass is 10.2. The third-order valence-corrected chi connectivity index (χ3v) is 4.48. The van der Waals surface area contributed by atoms with Crippen molar-refractivity contribution in [3.05, 3.63) is 42.0 Å². The molecule has 0 atom stereocenters. The lowest BCUT2D eigenvalue weighted by Crippen LogP contribution is -2.23. The third kappa shape index (κ3) is 2.47. The molecule has 1 aromatic carbocycles. The van der Waals surface area contributed by atoms with Crippen molar-refractivity contribution in [1.82, 2.24) is 14.7 Å². The highest BCUT2D eigenvalue weighted by Crippen LogP contribution is 2.24. The first kappa shape index (κ1) is 12.2. The van der Waals surface area contributed by atoms with E-state index in [4.69, 9.17) is 0 Å². The normalized spacial score (nSPS) is 14.1. The summed E-state index contributed by atoms with van der Waals surface area (Å²) in [4.78, 5) is 7.13. The monoisotopic (exact) mass is 278 g/mol. The molecule has 0 unspecified atom stereocenters. The Morgan fingerprint density at radius 1 is 1.37 bits per heavy atom. The molecule has 1 aliphatic rings. The minimum absolute atomic E-state index is 0.157. The van der Waals surface area contributed by atoms with Crippen LogP contribution in [0, 0.1) is 0 Å². The molecule has 0 spiro atoms. The number of H-pyrrole nitrogens is 1. The summed E-state index contributed by atoms with van der Waals surface area (Å²) in [5.74, 6) is 0.589. The van der Waals surface area contributed by atoms with Crippen LogP contribution in [0.4, 0.5) is 5.69 Å². The SMILES string of the molecule is O=S(=O)(NCc1ncc[nH]1)c1ccc2c(c1)CCN2. The fourth-order valence-corrected chi connectivity index (χ4v) is 3.13. The van der Waals surface area contributed by atoms with Crippen LogP contribution < -0.4 is 10.0 Å². The molecule has 6 nitrogen and oxygen atoms in total. The number of anilines is 1. The summed E-state index contributed by atoms with van der Waals surface area (Å²) >= 11 is 0. The van der Waals surface area contributed by atoms with E-state index >= 15 is 0 Å². The zero-order valence-electron chi connectivity index (χ0n) is 10.2. The number of nitrogens with zero attached hydrogens (tertiary/aromatic N) is 1. The maximum Gasteiger partial charge on any atom is 0.240 e. The van der Waals surface area contributed by atoms with Gasteiger partial charge in [0.25, 0.3) is 0 Å². The van der Waals surface area contributed by atoms with Gasteiger partial charge in [-0.1, -0.05) is 0 Å². The Balaban J connectivity index is 1.80. The molecule has 3 rings (SSSR count). The molecule has 0 saturated carbocycles. The van der Waals surface area contributed by atoms with E-state index in [1.165, 1.54) is 0 Å². The third-order valence-electron chi connectivity index (χ3n) is 3.08. The van der Waals surface area contributed by atoms with E-state index in [1.807, 2.05) is 6.07 Å². The van der Waals surface area contributed by atoms with Crippen molar-refractivity contribution in [2.75, 3.05) is 11.9 Å². The van der Waals surface area contributed by atoms with E-state index in [0.29, 0.717) is 10.7 Å². The zero-order valence-corrected chi connectivity index (χ0v) is 11.0. The number of aromatic amines is 1. The number of hydrogen-bond donors (Lipinski definition) is 3. The molecular weight excluding hydrogens is 264 g/mol. The molecule has 7 heteroatoms. The van der Waals surface area contributed by atoms with Crippen molar-refractivity contribution in [3.63, 3.8) is 0 Å². The van der Waals surface area contributed by atoms with Gasteiger partial charge in [-0.15, -0.1) is 0 Å². The maximum absolute atomic E-state index is 12.2. The first-order chi connectivity index (χ1) is 9.15. The number of fused-ring (bicyclic) bond motifs is 1. The van der Waals surface area contributed by atoms with Crippen LogP contribution in [0.1, 0.15) is 11.4 Å². The van der Waals surface area contributed by atoms with Gasteiger partial charge >= 0.3 is 0 Å². The molecule has 0 amide bonds. The summed E-state index contributed by atoms with van der Waals surface area (Å²) < 4.78 is 26.8. The largest absolute Gasteiger partial charge is 0.384 e. The molecule has 2 aromatic rings. The molecular formula is C12H14N4O2S. The maximum atomic E-state index is 12.2. The summed E-state index contributed by atoms with van der Waals surface area (Å²) in [6, 6.07) is 5.14. The van der Waals surface area contributed by atoms with Gasteiger partial charge in [0.1, 0.15) is 5.82 Å². The van der Waals surface area contributed by atoms with Gasteiger partial charge in [0.2, 0.25) is 10.0 Å². The molecule has 3 N–H and O–H groups in total. The van der Waals surface area contributed by atoms with Crippen LogP contribution in [0.2, 0.25) is 0 Å². The second-order valence-electron chi connectivity index (χ2n) is 4.36. The van der Waals surface area contributed by atoms with Crippen LogP contribution in [0.3, 0.4) is 0 Å². The topological polar surface area (TPSA) is 86.9 Å². The number of aromatic nitrogens is 2. The van der Waals surface area contributed by atoms with E-state index < -0.39 is 10.0 Å². The number of imidazole rings is 1. The van der Waals surface area contributed by atoms with Gasteiger partial charge < -0.3 is 10.3 Å². The van der Waals surface area contributed by atoms with Crippen LogP contribution in [0.25, 0.3) is 0 Å². The van der Waals surface area contributed by atoms with E-state index in [2.05, 4.69) is 20.0 Å². The molecule has 0 fully saturated rings. The number of benzene rings is 1. The van der Waals surface area contributed by atoms with Crippen molar-refractivity contribution < 1.29 is 8.42 Å². The highest BCUT2D eigenvalue weighted by molar-refractivity contribution is 7.89. The average Bonchev–Trinajstić information content (AvgIpc) is 3.06. The number of hydrogen-bond acceptors (Lipinski definition) is 4. The molecule has 19 heavy (non-hydrogen) atoms. The van der Waals surface area contributed by atoms with Crippen LogP contribution in [0.15, 0.2) is 35.5 Å². The Bertz CT molecular complexity index is 680.